The first-order valence-corrected chi connectivity index (χ1v) is 6.43. The Morgan fingerprint density at radius 2 is 2.15 bits per heavy atom. The smallest absolute Gasteiger partial charge is 0.334 e. The van der Waals surface area contributed by atoms with E-state index in [0.717, 1.165) is 5.56 Å². The lowest BCUT2D eigenvalue weighted by Crippen LogP contribution is -2.23. The van der Waals surface area contributed by atoms with E-state index in [1.54, 1.807) is 19.2 Å². The molecule has 0 fully saturated rings. The van der Waals surface area contributed by atoms with Gasteiger partial charge in [-0.1, -0.05) is 6.07 Å². The molecule has 1 atom stereocenters. The monoisotopic (exact) mass is 278 g/mol. The summed E-state index contributed by atoms with van der Waals surface area (Å²) < 4.78 is 15.3. The molecule has 5 nitrogen and oxygen atoms in total. The molecule has 108 valence electrons. The molecule has 0 amide bonds. The normalized spacial score (nSPS) is 18.2. The van der Waals surface area contributed by atoms with Crippen LogP contribution in [0.4, 0.5) is 0 Å². The molecule has 0 radical (unpaired) electrons. The predicted molar refractivity (Wildman–Crippen MR) is 72.6 cm³/mol. The number of carbonyl (C=O) groups is 1. The third-order valence-corrected chi connectivity index (χ3v) is 3.25. The molecule has 0 spiro atoms. The van der Waals surface area contributed by atoms with Gasteiger partial charge in [0, 0.05) is 6.42 Å². The molecular weight excluding hydrogens is 260 g/mol. The molecule has 1 aromatic rings. The lowest BCUT2D eigenvalue weighted by atomic mass is 10.0. The molecular formula is C15H18O5. The predicted octanol–water partition coefficient (Wildman–Crippen LogP) is 2.18. The van der Waals surface area contributed by atoms with Crippen LogP contribution in [0.2, 0.25) is 0 Å². The number of hydrogen-bond acceptors (Lipinski definition) is 5. The van der Waals surface area contributed by atoms with Gasteiger partial charge in [-0.25, -0.2) is 4.79 Å². The molecule has 0 bridgehead atoms. The quantitative estimate of drug-likeness (QED) is 0.836. The van der Waals surface area contributed by atoms with Crippen LogP contribution in [-0.2, 0) is 20.7 Å². The fourth-order valence-corrected chi connectivity index (χ4v) is 2.18. The number of esters is 1. The van der Waals surface area contributed by atoms with Crippen molar-refractivity contribution in [3.05, 3.63) is 35.6 Å². The van der Waals surface area contributed by atoms with Gasteiger partial charge in [-0.05, 0) is 30.5 Å². The third kappa shape index (κ3) is 3.44. The number of aryl methyl sites for hydroxylation is 1. The van der Waals surface area contributed by atoms with E-state index in [9.17, 15) is 9.90 Å². The molecule has 5 heteroatoms. The second kappa shape index (κ2) is 6.32. The van der Waals surface area contributed by atoms with Gasteiger partial charge in [0.25, 0.3) is 0 Å². The first-order chi connectivity index (χ1) is 9.62. The Balaban J connectivity index is 1.94. The maximum absolute atomic E-state index is 11.4. The zero-order chi connectivity index (χ0) is 14.5. The maximum atomic E-state index is 11.4. The van der Waals surface area contributed by atoms with Crippen LogP contribution in [0.25, 0.3) is 0 Å². The van der Waals surface area contributed by atoms with Gasteiger partial charge in [-0.15, -0.1) is 0 Å². The van der Waals surface area contributed by atoms with Crippen molar-refractivity contribution in [1.82, 2.24) is 0 Å². The van der Waals surface area contributed by atoms with Crippen LogP contribution in [0.3, 0.4) is 0 Å². The number of ether oxygens (including phenoxy) is 3. The number of phenols is 1. The highest BCUT2D eigenvalue weighted by Crippen LogP contribution is 2.27. The van der Waals surface area contributed by atoms with Gasteiger partial charge in [-0.3, -0.25) is 0 Å². The average Bonchev–Trinajstić information content (AvgIpc) is 2.44. The molecule has 1 heterocycles. The van der Waals surface area contributed by atoms with Gasteiger partial charge in [-0.2, -0.15) is 0 Å². The molecule has 2 rings (SSSR count). The molecule has 1 N–H and O–H groups in total. The van der Waals surface area contributed by atoms with Gasteiger partial charge in [0.05, 0.1) is 20.3 Å². The Morgan fingerprint density at radius 3 is 2.80 bits per heavy atom. The van der Waals surface area contributed by atoms with E-state index in [0.29, 0.717) is 30.8 Å². The van der Waals surface area contributed by atoms with E-state index in [2.05, 4.69) is 0 Å². The number of benzene rings is 1. The van der Waals surface area contributed by atoms with Crippen molar-refractivity contribution in [2.75, 3.05) is 14.2 Å². The standard InChI is InChI=1S/C15H18O5/c1-18-12-8-11(20-15(17)9-12)5-3-10-4-6-14(19-2)13(16)7-10/h4,6-7,9,11,16H,3,5,8H2,1-2H3. The van der Waals surface area contributed by atoms with E-state index >= 15 is 0 Å². The summed E-state index contributed by atoms with van der Waals surface area (Å²) in [7, 11) is 3.05. The first-order valence-electron chi connectivity index (χ1n) is 6.43. The zero-order valence-electron chi connectivity index (χ0n) is 11.6. The highest BCUT2D eigenvalue weighted by molar-refractivity contribution is 5.83. The van der Waals surface area contributed by atoms with Gasteiger partial charge >= 0.3 is 5.97 Å². The van der Waals surface area contributed by atoms with Crippen molar-refractivity contribution >= 4 is 5.97 Å². The summed E-state index contributed by atoms with van der Waals surface area (Å²) in [5, 5.41) is 9.71. The number of cyclic esters (lactones) is 1. The molecule has 1 aliphatic rings. The first kappa shape index (κ1) is 14.2. The van der Waals surface area contributed by atoms with Gasteiger partial charge in [0.15, 0.2) is 11.5 Å². The minimum absolute atomic E-state index is 0.114. The molecule has 0 saturated carbocycles. The molecule has 1 aliphatic heterocycles. The van der Waals surface area contributed by atoms with Crippen LogP contribution in [-0.4, -0.2) is 31.4 Å². The second-order valence-electron chi connectivity index (χ2n) is 4.62. The molecule has 0 aromatic heterocycles. The lowest BCUT2D eigenvalue weighted by molar-refractivity contribution is -0.145. The van der Waals surface area contributed by atoms with Crippen LogP contribution in [0.5, 0.6) is 11.5 Å². The summed E-state index contributed by atoms with van der Waals surface area (Å²) in [6, 6.07) is 5.27. The Hall–Kier alpha value is -2.17. The van der Waals surface area contributed by atoms with Gasteiger partial charge in [0.2, 0.25) is 0 Å². The molecule has 20 heavy (non-hydrogen) atoms. The average molecular weight is 278 g/mol. The Labute approximate surface area is 117 Å². The highest BCUT2D eigenvalue weighted by Gasteiger charge is 2.22. The zero-order valence-corrected chi connectivity index (χ0v) is 11.6. The SMILES string of the molecule is COC1=CC(=O)OC(CCc2ccc(OC)c(O)c2)C1. The summed E-state index contributed by atoms with van der Waals surface area (Å²) >= 11 is 0. The van der Waals surface area contributed by atoms with Crippen LogP contribution < -0.4 is 4.74 Å². The summed E-state index contributed by atoms with van der Waals surface area (Å²) in [5.41, 5.74) is 0.966. The van der Waals surface area contributed by atoms with Crippen molar-refractivity contribution in [2.24, 2.45) is 0 Å². The van der Waals surface area contributed by atoms with Crippen LogP contribution >= 0.6 is 0 Å². The number of methoxy groups -OCH3 is 2. The van der Waals surface area contributed by atoms with Crippen molar-refractivity contribution < 1.29 is 24.1 Å². The number of phenolic OH excluding ortho intramolecular Hbond substituents is 1. The highest BCUT2D eigenvalue weighted by atomic mass is 16.5. The molecule has 0 saturated heterocycles. The Morgan fingerprint density at radius 1 is 1.35 bits per heavy atom. The van der Waals surface area contributed by atoms with Crippen molar-refractivity contribution in [2.45, 2.75) is 25.4 Å². The number of hydrogen-bond donors (Lipinski definition) is 1. The second-order valence-corrected chi connectivity index (χ2v) is 4.62. The van der Waals surface area contributed by atoms with E-state index in [1.165, 1.54) is 13.2 Å². The Kier molecular flexibility index (Phi) is 4.50. The van der Waals surface area contributed by atoms with Crippen molar-refractivity contribution in [1.29, 1.82) is 0 Å². The van der Waals surface area contributed by atoms with E-state index in [1.807, 2.05) is 6.07 Å². The summed E-state index contributed by atoms with van der Waals surface area (Å²) in [6.45, 7) is 0. The van der Waals surface area contributed by atoms with E-state index in [-0.39, 0.29) is 17.8 Å². The fraction of sp³-hybridized carbons (Fsp3) is 0.400. The Bertz CT molecular complexity index is 521. The van der Waals surface area contributed by atoms with Crippen molar-refractivity contribution in [3.8, 4) is 11.5 Å². The summed E-state index contributed by atoms with van der Waals surface area (Å²) in [6.07, 6.45) is 3.15. The number of aromatic hydroxyl groups is 1. The number of carbonyl (C=O) groups excluding carboxylic acids is 1. The maximum Gasteiger partial charge on any atom is 0.334 e. The minimum atomic E-state index is -0.365. The van der Waals surface area contributed by atoms with E-state index in [4.69, 9.17) is 14.2 Å². The largest absolute Gasteiger partial charge is 0.504 e. The minimum Gasteiger partial charge on any atom is -0.504 e. The van der Waals surface area contributed by atoms with Crippen molar-refractivity contribution in [3.63, 3.8) is 0 Å². The topological polar surface area (TPSA) is 65.0 Å². The lowest BCUT2D eigenvalue weighted by Gasteiger charge is -2.22. The molecule has 1 unspecified atom stereocenters. The van der Waals surface area contributed by atoms with Crippen LogP contribution in [0.15, 0.2) is 30.0 Å². The van der Waals surface area contributed by atoms with Gasteiger partial charge in [0.1, 0.15) is 11.9 Å². The summed E-state index contributed by atoms with van der Waals surface area (Å²) in [5.74, 6) is 0.838. The molecule has 0 aliphatic carbocycles. The molecule has 1 aromatic carbocycles. The van der Waals surface area contributed by atoms with Crippen LogP contribution in [0, 0.1) is 0 Å². The van der Waals surface area contributed by atoms with E-state index < -0.39 is 0 Å². The van der Waals surface area contributed by atoms with Crippen LogP contribution in [0.1, 0.15) is 18.4 Å². The summed E-state index contributed by atoms with van der Waals surface area (Å²) in [4.78, 5) is 11.4. The fourth-order valence-electron chi connectivity index (χ4n) is 2.18. The third-order valence-electron chi connectivity index (χ3n) is 3.25. The van der Waals surface area contributed by atoms with Gasteiger partial charge < -0.3 is 19.3 Å². The number of rotatable bonds is 5.